The van der Waals surface area contributed by atoms with Gasteiger partial charge in [-0.25, -0.2) is 9.69 Å². The van der Waals surface area contributed by atoms with Crippen LogP contribution in [0.25, 0.3) is 0 Å². The molecule has 2 fully saturated rings. The first-order valence-corrected chi connectivity index (χ1v) is 7.33. The Balaban J connectivity index is 1.70. The minimum absolute atomic E-state index is 0.00353. The average molecular weight is 287 g/mol. The molecule has 2 rings (SSSR count). The molecule has 0 aromatic rings. The van der Waals surface area contributed by atoms with Crippen molar-refractivity contribution in [2.75, 3.05) is 31.8 Å². The zero-order valence-corrected chi connectivity index (χ0v) is 11.7. The van der Waals surface area contributed by atoms with Crippen molar-refractivity contribution < 1.29 is 23.9 Å². The third-order valence-corrected chi connectivity index (χ3v) is 4.67. The summed E-state index contributed by atoms with van der Waals surface area (Å²) in [4.78, 5) is 35.3. The molecule has 19 heavy (non-hydrogen) atoms. The van der Waals surface area contributed by atoms with Crippen LogP contribution in [0.5, 0.6) is 0 Å². The van der Waals surface area contributed by atoms with E-state index in [1.807, 2.05) is 0 Å². The topological polar surface area (TPSA) is 72.9 Å². The van der Waals surface area contributed by atoms with Crippen LogP contribution < -0.4 is 0 Å². The van der Waals surface area contributed by atoms with Gasteiger partial charge >= 0.3 is 12.1 Å². The molecule has 0 spiro atoms. The van der Waals surface area contributed by atoms with Crippen LogP contribution in [0.15, 0.2) is 0 Å². The van der Waals surface area contributed by atoms with E-state index in [1.54, 1.807) is 0 Å². The molecule has 0 aromatic carbocycles. The molecule has 2 aliphatic rings. The van der Waals surface area contributed by atoms with Crippen LogP contribution in [0.1, 0.15) is 19.3 Å². The quantitative estimate of drug-likeness (QED) is 0.680. The highest BCUT2D eigenvalue weighted by atomic mass is 32.2. The van der Waals surface area contributed by atoms with Crippen molar-refractivity contribution in [2.24, 2.45) is 5.41 Å². The van der Waals surface area contributed by atoms with Gasteiger partial charge < -0.3 is 9.47 Å². The number of nitrogens with zero attached hydrogens (tertiary/aromatic N) is 1. The van der Waals surface area contributed by atoms with Crippen molar-refractivity contribution in [1.82, 2.24) is 4.90 Å². The van der Waals surface area contributed by atoms with Gasteiger partial charge in [-0.3, -0.25) is 9.59 Å². The van der Waals surface area contributed by atoms with Crippen LogP contribution in [-0.2, 0) is 19.1 Å². The van der Waals surface area contributed by atoms with Gasteiger partial charge in [0, 0.05) is 0 Å². The van der Waals surface area contributed by atoms with Gasteiger partial charge in [0.2, 0.25) is 5.91 Å². The van der Waals surface area contributed by atoms with Crippen LogP contribution in [-0.4, -0.2) is 54.6 Å². The number of methoxy groups -OCH3 is 1. The summed E-state index contributed by atoms with van der Waals surface area (Å²) in [5, 5.41) is 0. The molecule has 2 amide bonds. The average Bonchev–Trinajstić information content (AvgIpc) is 2.99. The summed E-state index contributed by atoms with van der Waals surface area (Å²) in [7, 11) is 1.38. The van der Waals surface area contributed by atoms with Gasteiger partial charge in [0.05, 0.1) is 25.8 Å². The van der Waals surface area contributed by atoms with E-state index in [4.69, 9.17) is 4.74 Å². The maximum Gasteiger partial charge on any atom is 0.416 e. The predicted molar refractivity (Wildman–Crippen MR) is 68.7 cm³/mol. The number of hydrogen-bond donors (Lipinski definition) is 0. The Kier molecular flexibility index (Phi) is 4.34. The number of carbonyl (C=O) groups excluding carboxylic acids is 3. The van der Waals surface area contributed by atoms with Crippen molar-refractivity contribution in [3.05, 3.63) is 0 Å². The normalized spacial score (nSPS) is 20.1. The van der Waals surface area contributed by atoms with Crippen LogP contribution in [0.2, 0.25) is 0 Å². The SMILES string of the molecule is COC(=O)CC1(CSCC(=O)N2CCOC2=O)CC1. The second kappa shape index (κ2) is 5.81. The highest BCUT2D eigenvalue weighted by Gasteiger charge is 2.44. The second-order valence-electron chi connectivity index (χ2n) is 4.91. The lowest BCUT2D eigenvalue weighted by Gasteiger charge is -2.14. The van der Waals surface area contributed by atoms with Crippen LogP contribution in [0.4, 0.5) is 4.79 Å². The first kappa shape index (κ1) is 14.2. The van der Waals surface area contributed by atoms with E-state index in [0.717, 1.165) is 23.5 Å². The van der Waals surface area contributed by atoms with Crippen LogP contribution in [0, 0.1) is 5.41 Å². The van der Waals surface area contributed by atoms with Crippen molar-refractivity contribution in [2.45, 2.75) is 19.3 Å². The van der Waals surface area contributed by atoms with Crippen LogP contribution in [0.3, 0.4) is 0 Å². The Labute approximate surface area is 115 Å². The molecule has 1 saturated carbocycles. The summed E-state index contributed by atoms with van der Waals surface area (Å²) in [6.45, 7) is 0.618. The second-order valence-corrected chi connectivity index (χ2v) is 5.89. The van der Waals surface area contributed by atoms with Gasteiger partial charge in [0.25, 0.3) is 0 Å². The summed E-state index contributed by atoms with van der Waals surface area (Å²) < 4.78 is 9.37. The fourth-order valence-electron chi connectivity index (χ4n) is 1.98. The zero-order valence-electron chi connectivity index (χ0n) is 10.8. The smallest absolute Gasteiger partial charge is 0.416 e. The molecule has 106 valence electrons. The Hall–Kier alpha value is -1.24. The summed E-state index contributed by atoms with van der Waals surface area (Å²) in [6.07, 6.45) is 1.85. The zero-order chi connectivity index (χ0) is 13.9. The molecule has 0 unspecified atom stereocenters. The third kappa shape index (κ3) is 3.62. The molecule has 0 atom stereocenters. The van der Waals surface area contributed by atoms with Crippen molar-refractivity contribution >= 4 is 29.7 Å². The number of carbonyl (C=O) groups is 3. The molecule has 1 saturated heterocycles. The van der Waals surface area contributed by atoms with Crippen molar-refractivity contribution in [3.8, 4) is 0 Å². The van der Waals surface area contributed by atoms with E-state index in [9.17, 15) is 14.4 Å². The number of rotatable bonds is 6. The van der Waals surface area contributed by atoms with Gasteiger partial charge in [-0.05, 0) is 24.0 Å². The monoisotopic (exact) mass is 287 g/mol. The van der Waals surface area contributed by atoms with E-state index < -0.39 is 6.09 Å². The summed E-state index contributed by atoms with van der Waals surface area (Å²) in [5.74, 6) is 0.572. The molecule has 1 aliphatic heterocycles. The van der Waals surface area contributed by atoms with E-state index >= 15 is 0 Å². The molecule has 6 nitrogen and oxygen atoms in total. The summed E-state index contributed by atoms with van der Waals surface area (Å²) in [6, 6.07) is 0. The van der Waals surface area contributed by atoms with Crippen molar-refractivity contribution in [3.63, 3.8) is 0 Å². The van der Waals surface area contributed by atoms with Gasteiger partial charge in [0.1, 0.15) is 6.61 Å². The molecule has 0 bridgehead atoms. The molecule has 1 aliphatic carbocycles. The number of imide groups is 1. The standard InChI is InChI=1S/C12H17NO5S/c1-17-10(15)6-12(2-3-12)8-19-7-9(14)13-4-5-18-11(13)16/h2-8H2,1H3. The lowest BCUT2D eigenvalue weighted by Crippen LogP contribution is -2.33. The lowest BCUT2D eigenvalue weighted by molar-refractivity contribution is -0.141. The van der Waals surface area contributed by atoms with E-state index in [-0.39, 0.29) is 29.7 Å². The highest BCUT2D eigenvalue weighted by molar-refractivity contribution is 8.00. The number of ether oxygens (including phenoxy) is 2. The molecular weight excluding hydrogens is 270 g/mol. The maximum absolute atomic E-state index is 11.8. The first-order chi connectivity index (χ1) is 9.06. The number of amides is 2. The van der Waals surface area contributed by atoms with Crippen LogP contribution >= 0.6 is 11.8 Å². The van der Waals surface area contributed by atoms with Gasteiger partial charge in [0.15, 0.2) is 0 Å². The fraction of sp³-hybridized carbons (Fsp3) is 0.750. The van der Waals surface area contributed by atoms with Gasteiger partial charge in [-0.15, -0.1) is 0 Å². The molecule has 0 aromatic heterocycles. The Bertz CT molecular complexity index is 394. The number of esters is 1. The Morgan fingerprint density at radius 2 is 2.21 bits per heavy atom. The minimum atomic E-state index is -0.554. The van der Waals surface area contributed by atoms with E-state index in [2.05, 4.69) is 4.74 Å². The molecule has 1 heterocycles. The van der Waals surface area contributed by atoms with Gasteiger partial charge in [-0.1, -0.05) is 0 Å². The Morgan fingerprint density at radius 1 is 1.47 bits per heavy atom. The number of hydrogen-bond acceptors (Lipinski definition) is 6. The molecule has 0 radical (unpaired) electrons. The fourth-order valence-corrected chi connectivity index (χ4v) is 3.24. The molecular formula is C12H17NO5S. The first-order valence-electron chi connectivity index (χ1n) is 6.18. The Morgan fingerprint density at radius 3 is 2.74 bits per heavy atom. The lowest BCUT2D eigenvalue weighted by atomic mass is 10.1. The molecule has 7 heteroatoms. The van der Waals surface area contributed by atoms with E-state index in [1.165, 1.54) is 18.9 Å². The number of thioether (sulfide) groups is 1. The molecule has 0 N–H and O–H groups in total. The maximum atomic E-state index is 11.8. The predicted octanol–water partition coefficient (Wildman–Crippen LogP) is 1.04. The number of cyclic esters (lactones) is 1. The minimum Gasteiger partial charge on any atom is -0.469 e. The van der Waals surface area contributed by atoms with Crippen molar-refractivity contribution in [1.29, 1.82) is 0 Å². The van der Waals surface area contributed by atoms with Gasteiger partial charge in [-0.2, -0.15) is 11.8 Å². The highest BCUT2D eigenvalue weighted by Crippen LogP contribution is 2.51. The van der Waals surface area contributed by atoms with E-state index in [0.29, 0.717) is 13.0 Å². The summed E-state index contributed by atoms with van der Waals surface area (Å²) >= 11 is 1.47. The summed E-state index contributed by atoms with van der Waals surface area (Å²) in [5.41, 5.74) is 0.00353. The largest absolute Gasteiger partial charge is 0.469 e. The third-order valence-electron chi connectivity index (χ3n) is 3.40.